The molecule has 0 radical (unpaired) electrons. The van der Waals surface area contributed by atoms with Crippen molar-refractivity contribution in [2.24, 2.45) is 0 Å². The summed E-state index contributed by atoms with van der Waals surface area (Å²) in [5.41, 5.74) is 0.972. The molecule has 0 unspecified atom stereocenters. The number of ether oxygens (including phenoxy) is 3. The maximum absolute atomic E-state index is 12.4. The highest BCUT2D eigenvalue weighted by molar-refractivity contribution is 5.79. The number of nitrogens with one attached hydrogen (secondary N) is 1. The minimum absolute atomic E-state index is 0.0416. The molecule has 7 nitrogen and oxygen atoms in total. The van der Waals surface area contributed by atoms with Crippen LogP contribution in [0.25, 0.3) is 0 Å². The van der Waals surface area contributed by atoms with Crippen LogP contribution in [0, 0.1) is 0 Å². The molecule has 0 aromatic heterocycles. The molecule has 2 rings (SSSR count). The van der Waals surface area contributed by atoms with E-state index in [2.05, 4.69) is 5.32 Å². The van der Waals surface area contributed by atoms with Crippen molar-refractivity contribution in [3.05, 3.63) is 29.8 Å². The largest absolute Gasteiger partial charge is 0.497 e. The highest BCUT2D eigenvalue weighted by atomic mass is 16.5. The van der Waals surface area contributed by atoms with E-state index >= 15 is 0 Å². The van der Waals surface area contributed by atoms with E-state index in [1.807, 2.05) is 29.2 Å². The molecule has 144 valence electrons. The van der Waals surface area contributed by atoms with Gasteiger partial charge in [0.2, 0.25) is 11.8 Å². The quantitative estimate of drug-likeness (QED) is 0.662. The third-order valence-corrected chi connectivity index (χ3v) is 4.39. The number of nitrogens with zero attached hydrogens (tertiary/aromatic N) is 1. The SMILES string of the molecule is COCCOCC(=O)NC1CCN(C(=O)Cc2ccc(OC)cc2)CC1. The summed E-state index contributed by atoms with van der Waals surface area (Å²) in [5.74, 6) is 0.774. The van der Waals surface area contributed by atoms with Crippen LogP contribution < -0.4 is 10.1 Å². The number of likely N-dealkylation sites (tertiary alicyclic amines) is 1. The molecule has 1 N–H and O–H groups in total. The Morgan fingerprint density at radius 1 is 1.12 bits per heavy atom. The number of rotatable bonds is 9. The van der Waals surface area contributed by atoms with Crippen molar-refractivity contribution in [2.45, 2.75) is 25.3 Å². The lowest BCUT2D eigenvalue weighted by molar-refractivity contribution is -0.132. The molecule has 26 heavy (non-hydrogen) atoms. The summed E-state index contributed by atoms with van der Waals surface area (Å²) in [6.45, 7) is 2.24. The normalized spacial score (nSPS) is 14.9. The zero-order chi connectivity index (χ0) is 18.8. The first-order valence-corrected chi connectivity index (χ1v) is 8.89. The van der Waals surface area contributed by atoms with E-state index in [1.165, 1.54) is 0 Å². The Bertz CT molecular complexity index is 568. The van der Waals surface area contributed by atoms with Gasteiger partial charge >= 0.3 is 0 Å². The average molecular weight is 364 g/mol. The van der Waals surface area contributed by atoms with E-state index in [9.17, 15) is 9.59 Å². The third-order valence-electron chi connectivity index (χ3n) is 4.39. The van der Waals surface area contributed by atoms with Gasteiger partial charge in [0.15, 0.2) is 0 Å². The molecule has 0 saturated carbocycles. The molecule has 2 amide bonds. The lowest BCUT2D eigenvalue weighted by atomic mass is 10.0. The highest BCUT2D eigenvalue weighted by Crippen LogP contribution is 2.15. The second-order valence-electron chi connectivity index (χ2n) is 6.29. The Morgan fingerprint density at radius 2 is 1.81 bits per heavy atom. The third kappa shape index (κ3) is 6.65. The van der Waals surface area contributed by atoms with Crippen molar-refractivity contribution in [1.82, 2.24) is 10.2 Å². The van der Waals surface area contributed by atoms with Crippen LogP contribution in [-0.2, 0) is 25.5 Å². The lowest BCUT2D eigenvalue weighted by Gasteiger charge is -2.32. The molecular weight excluding hydrogens is 336 g/mol. The van der Waals surface area contributed by atoms with Gasteiger partial charge in [-0.3, -0.25) is 9.59 Å². The Balaban J connectivity index is 1.68. The van der Waals surface area contributed by atoms with E-state index in [-0.39, 0.29) is 24.5 Å². The van der Waals surface area contributed by atoms with E-state index in [0.29, 0.717) is 32.7 Å². The van der Waals surface area contributed by atoms with Gasteiger partial charge in [-0.25, -0.2) is 0 Å². The molecule has 0 bridgehead atoms. The summed E-state index contributed by atoms with van der Waals surface area (Å²) in [4.78, 5) is 26.1. The van der Waals surface area contributed by atoms with Crippen LogP contribution in [0.15, 0.2) is 24.3 Å². The minimum Gasteiger partial charge on any atom is -0.497 e. The van der Waals surface area contributed by atoms with Gasteiger partial charge in [0.1, 0.15) is 12.4 Å². The monoisotopic (exact) mass is 364 g/mol. The first-order chi connectivity index (χ1) is 12.6. The van der Waals surface area contributed by atoms with Crippen molar-refractivity contribution >= 4 is 11.8 Å². The van der Waals surface area contributed by atoms with E-state index < -0.39 is 0 Å². The van der Waals surface area contributed by atoms with Gasteiger partial charge < -0.3 is 24.4 Å². The van der Waals surface area contributed by atoms with Gasteiger partial charge in [0.05, 0.1) is 26.7 Å². The van der Waals surface area contributed by atoms with Gasteiger partial charge in [-0.15, -0.1) is 0 Å². The number of amides is 2. The number of methoxy groups -OCH3 is 2. The first-order valence-electron chi connectivity index (χ1n) is 8.89. The van der Waals surface area contributed by atoms with Crippen LogP contribution in [0.4, 0.5) is 0 Å². The molecule has 1 aromatic carbocycles. The molecule has 1 aliphatic rings. The lowest BCUT2D eigenvalue weighted by Crippen LogP contribution is -2.47. The number of hydrogen-bond donors (Lipinski definition) is 1. The standard InChI is InChI=1S/C19H28N2O5/c1-24-11-12-26-14-18(22)20-16-7-9-21(10-8-16)19(23)13-15-3-5-17(25-2)6-4-15/h3-6,16H,7-14H2,1-2H3,(H,20,22). The Hall–Kier alpha value is -2.12. The van der Waals surface area contributed by atoms with Gasteiger partial charge in [-0.1, -0.05) is 12.1 Å². The zero-order valence-corrected chi connectivity index (χ0v) is 15.5. The van der Waals surface area contributed by atoms with Gasteiger partial charge in [0, 0.05) is 26.2 Å². The van der Waals surface area contributed by atoms with Crippen molar-refractivity contribution < 1.29 is 23.8 Å². The second kappa shape index (κ2) is 10.8. The fourth-order valence-electron chi connectivity index (χ4n) is 2.88. The smallest absolute Gasteiger partial charge is 0.246 e. The summed E-state index contributed by atoms with van der Waals surface area (Å²) < 4.78 is 15.2. The van der Waals surface area contributed by atoms with Crippen LogP contribution >= 0.6 is 0 Å². The fraction of sp³-hybridized carbons (Fsp3) is 0.579. The number of carbonyl (C=O) groups is 2. The van der Waals surface area contributed by atoms with Gasteiger partial charge in [0.25, 0.3) is 0 Å². The van der Waals surface area contributed by atoms with E-state index in [1.54, 1.807) is 14.2 Å². The Morgan fingerprint density at radius 3 is 2.42 bits per heavy atom. The molecule has 1 aliphatic heterocycles. The fourth-order valence-corrected chi connectivity index (χ4v) is 2.88. The molecule has 0 atom stereocenters. The van der Waals surface area contributed by atoms with Crippen LogP contribution in [0.3, 0.4) is 0 Å². The highest BCUT2D eigenvalue weighted by Gasteiger charge is 2.23. The van der Waals surface area contributed by atoms with Crippen LogP contribution in [0.1, 0.15) is 18.4 Å². The second-order valence-corrected chi connectivity index (χ2v) is 6.29. The Labute approximate surface area is 154 Å². The van der Waals surface area contributed by atoms with E-state index in [0.717, 1.165) is 24.2 Å². The van der Waals surface area contributed by atoms with Gasteiger partial charge in [-0.2, -0.15) is 0 Å². The maximum Gasteiger partial charge on any atom is 0.246 e. The van der Waals surface area contributed by atoms with Gasteiger partial charge in [-0.05, 0) is 30.5 Å². The van der Waals surface area contributed by atoms with Crippen LogP contribution in [-0.4, -0.2) is 69.9 Å². The maximum atomic E-state index is 12.4. The number of benzene rings is 1. The number of piperidine rings is 1. The molecular formula is C19H28N2O5. The number of carbonyl (C=O) groups excluding carboxylic acids is 2. The Kier molecular flexibility index (Phi) is 8.37. The molecule has 1 aromatic rings. The summed E-state index contributed by atoms with van der Waals surface area (Å²) in [7, 11) is 3.21. The zero-order valence-electron chi connectivity index (χ0n) is 15.5. The van der Waals surface area contributed by atoms with Crippen LogP contribution in [0.2, 0.25) is 0 Å². The van der Waals surface area contributed by atoms with Crippen LogP contribution in [0.5, 0.6) is 5.75 Å². The predicted octanol–water partition coefficient (Wildman–Crippen LogP) is 1.01. The molecule has 1 saturated heterocycles. The number of hydrogen-bond acceptors (Lipinski definition) is 5. The first kappa shape index (κ1) is 20.2. The summed E-state index contributed by atoms with van der Waals surface area (Å²) >= 11 is 0. The average Bonchev–Trinajstić information content (AvgIpc) is 2.66. The molecule has 0 spiro atoms. The summed E-state index contributed by atoms with van der Waals surface area (Å²) in [6.07, 6.45) is 1.91. The topological polar surface area (TPSA) is 77.1 Å². The van der Waals surface area contributed by atoms with E-state index in [4.69, 9.17) is 14.2 Å². The molecule has 1 heterocycles. The summed E-state index contributed by atoms with van der Waals surface area (Å²) in [6, 6.07) is 7.64. The van der Waals surface area contributed by atoms with Crippen molar-refractivity contribution in [3.63, 3.8) is 0 Å². The predicted molar refractivity (Wildman–Crippen MR) is 97.1 cm³/mol. The van der Waals surface area contributed by atoms with Crippen molar-refractivity contribution in [2.75, 3.05) is 47.1 Å². The molecule has 0 aliphatic carbocycles. The van der Waals surface area contributed by atoms with Crippen molar-refractivity contribution in [3.8, 4) is 5.75 Å². The van der Waals surface area contributed by atoms with Crippen molar-refractivity contribution in [1.29, 1.82) is 0 Å². The summed E-state index contributed by atoms with van der Waals surface area (Å²) in [5, 5.41) is 2.96. The molecule has 7 heteroatoms. The molecule has 1 fully saturated rings. The minimum atomic E-state index is -0.121.